The molecule has 0 aliphatic carbocycles. The highest BCUT2D eigenvalue weighted by atomic mass is 16.5. The monoisotopic (exact) mass is 328 g/mol. The van der Waals surface area contributed by atoms with Crippen LogP contribution in [0.15, 0.2) is 36.1 Å². The smallest absolute Gasteiger partial charge is 0.235 e. The number of ketones is 1. The Morgan fingerprint density at radius 2 is 1.75 bits per heavy atom. The Kier molecular flexibility index (Phi) is 4.04. The molecular weight excluding hydrogens is 312 g/mol. The van der Waals surface area contributed by atoms with Gasteiger partial charge in [-0.3, -0.25) is 4.79 Å². The van der Waals surface area contributed by atoms with Crippen molar-refractivity contribution in [3.05, 3.63) is 47.2 Å². The topological polar surface area (TPSA) is 74.2 Å². The molecule has 2 aromatic carbocycles. The van der Waals surface area contributed by atoms with Crippen LogP contribution in [0.25, 0.3) is 6.08 Å². The second-order valence-electron chi connectivity index (χ2n) is 5.05. The Labute approximate surface area is 138 Å². The molecule has 24 heavy (non-hydrogen) atoms. The number of fused-ring (bicyclic) bond motifs is 1. The normalized spacial score (nSPS) is 14.3. The van der Waals surface area contributed by atoms with Gasteiger partial charge in [0.2, 0.25) is 11.5 Å². The number of hydrogen-bond donors (Lipinski definition) is 1. The summed E-state index contributed by atoms with van der Waals surface area (Å²) in [6.07, 6.45) is 1.62. The van der Waals surface area contributed by atoms with Crippen LogP contribution >= 0.6 is 0 Å². The Hall–Kier alpha value is -3.15. The highest BCUT2D eigenvalue weighted by Gasteiger charge is 2.34. The number of hydrogen-bond acceptors (Lipinski definition) is 6. The number of carbonyl (C=O) groups is 1. The largest absolute Gasteiger partial charge is 0.502 e. The minimum absolute atomic E-state index is 0.0347. The summed E-state index contributed by atoms with van der Waals surface area (Å²) in [5, 5.41) is 10.1. The molecule has 1 aliphatic heterocycles. The van der Waals surface area contributed by atoms with Crippen molar-refractivity contribution in [2.75, 3.05) is 21.3 Å². The molecule has 0 bridgehead atoms. The Morgan fingerprint density at radius 3 is 2.33 bits per heavy atom. The van der Waals surface area contributed by atoms with E-state index in [1.807, 2.05) is 0 Å². The number of phenols is 1. The molecule has 6 heteroatoms. The van der Waals surface area contributed by atoms with E-state index in [2.05, 4.69) is 0 Å². The molecule has 0 saturated heterocycles. The van der Waals surface area contributed by atoms with Crippen molar-refractivity contribution in [1.29, 1.82) is 0 Å². The average Bonchev–Trinajstić information content (AvgIpc) is 2.91. The summed E-state index contributed by atoms with van der Waals surface area (Å²) < 4.78 is 21.0. The number of rotatable bonds is 4. The molecule has 2 aromatic rings. The van der Waals surface area contributed by atoms with Crippen LogP contribution in [-0.2, 0) is 0 Å². The van der Waals surface area contributed by atoms with E-state index < -0.39 is 0 Å². The molecule has 0 amide bonds. The third-order valence-corrected chi connectivity index (χ3v) is 3.69. The van der Waals surface area contributed by atoms with Crippen LogP contribution in [-0.4, -0.2) is 32.2 Å². The lowest BCUT2D eigenvalue weighted by Crippen LogP contribution is -2.00. The van der Waals surface area contributed by atoms with Gasteiger partial charge in [0.15, 0.2) is 17.3 Å². The van der Waals surface area contributed by atoms with E-state index in [0.717, 1.165) is 11.3 Å². The summed E-state index contributed by atoms with van der Waals surface area (Å²) in [7, 11) is 4.36. The summed E-state index contributed by atoms with van der Waals surface area (Å²) in [6, 6.07) is 8.64. The second-order valence-corrected chi connectivity index (χ2v) is 5.05. The van der Waals surface area contributed by atoms with E-state index in [1.54, 1.807) is 37.5 Å². The van der Waals surface area contributed by atoms with Crippen LogP contribution in [0.3, 0.4) is 0 Å². The van der Waals surface area contributed by atoms with Gasteiger partial charge in [-0.2, -0.15) is 0 Å². The van der Waals surface area contributed by atoms with Crippen molar-refractivity contribution in [2.45, 2.75) is 0 Å². The van der Waals surface area contributed by atoms with Gasteiger partial charge in [-0.25, -0.2) is 0 Å². The number of methoxy groups -OCH3 is 3. The van der Waals surface area contributed by atoms with Crippen molar-refractivity contribution in [3.8, 4) is 28.7 Å². The third-order valence-electron chi connectivity index (χ3n) is 3.69. The van der Waals surface area contributed by atoms with Gasteiger partial charge < -0.3 is 24.1 Å². The summed E-state index contributed by atoms with van der Waals surface area (Å²) in [5.41, 5.74) is 0.956. The van der Waals surface area contributed by atoms with Crippen LogP contribution in [0, 0.1) is 0 Å². The van der Waals surface area contributed by atoms with E-state index in [-0.39, 0.29) is 40.1 Å². The number of ether oxygens (including phenoxy) is 4. The van der Waals surface area contributed by atoms with Gasteiger partial charge in [0.05, 0.1) is 21.3 Å². The molecule has 1 N–H and O–H groups in total. The predicted molar refractivity (Wildman–Crippen MR) is 87.1 cm³/mol. The van der Waals surface area contributed by atoms with Crippen molar-refractivity contribution in [1.82, 2.24) is 0 Å². The molecule has 3 rings (SSSR count). The zero-order valence-electron chi connectivity index (χ0n) is 13.5. The molecular formula is C18H16O6. The molecule has 0 aromatic heterocycles. The van der Waals surface area contributed by atoms with Crippen LogP contribution in [0.5, 0.6) is 28.7 Å². The highest BCUT2D eigenvalue weighted by Crippen LogP contribution is 2.48. The third kappa shape index (κ3) is 2.52. The van der Waals surface area contributed by atoms with Crippen LogP contribution < -0.4 is 18.9 Å². The van der Waals surface area contributed by atoms with Gasteiger partial charge in [-0.05, 0) is 23.8 Å². The van der Waals surface area contributed by atoms with Crippen molar-refractivity contribution < 1.29 is 28.8 Å². The fourth-order valence-corrected chi connectivity index (χ4v) is 2.49. The fourth-order valence-electron chi connectivity index (χ4n) is 2.49. The van der Waals surface area contributed by atoms with Crippen LogP contribution in [0.4, 0.5) is 0 Å². The summed E-state index contributed by atoms with van der Waals surface area (Å²) in [4.78, 5) is 12.6. The lowest BCUT2D eigenvalue weighted by atomic mass is 10.1. The molecule has 1 heterocycles. The SMILES string of the molecule is COc1ccc(/C=C2\Oc3cc(OC)c(O)c(OC)c3C2=O)cc1. The Bertz CT molecular complexity index is 820. The lowest BCUT2D eigenvalue weighted by Gasteiger charge is -2.10. The number of aromatic hydroxyl groups is 1. The molecule has 124 valence electrons. The maximum atomic E-state index is 12.6. The van der Waals surface area contributed by atoms with E-state index in [0.29, 0.717) is 0 Å². The zero-order valence-corrected chi connectivity index (χ0v) is 13.5. The fraction of sp³-hybridized carbons (Fsp3) is 0.167. The second kappa shape index (κ2) is 6.16. The summed E-state index contributed by atoms with van der Waals surface area (Å²) in [5.74, 6) is 0.747. The van der Waals surface area contributed by atoms with Crippen molar-refractivity contribution in [3.63, 3.8) is 0 Å². The first-order valence-corrected chi connectivity index (χ1v) is 7.15. The van der Waals surface area contributed by atoms with E-state index >= 15 is 0 Å². The number of phenolic OH excluding ortho intramolecular Hbond substituents is 1. The number of benzene rings is 2. The van der Waals surface area contributed by atoms with E-state index in [9.17, 15) is 9.90 Å². The van der Waals surface area contributed by atoms with Gasteiger partial charge in [0.25, 0.3) is 0 Å². The Balaban J connectivity index is 2.02. The van der Waals surface area contributed by atoms with Gasteiger partial charge in [-0.15, -0.1) is 0 Å². The molecule has 0 saturated carbocycles. The number of allylic oxidation sites excluding steroid dienone is 1. The van der Waals surface area contributed by atoms with Gasteiger partial charge in [0.1, 0.15) is 17.1 Å². The van der Waals surface area contributed by atoms with Crippen molar-refractivity contribution >= 4 is 11.9 Å². The first-order valence-electron chi connectivity index (χ1n) is 7.15. The molecule has 1 aliphatic rings. The van der Waals surface area contributed by atoms with E-state index in [4.69, 9.17) is 18.9 Å². The lowest BCUT2D eigenvalue weighted by molar-refractivity contribution is 0.101. The Morgan fingerprint density at radius 1 is 1.04 bits per heavy atom. The maximum Gasteiger partial charge on any atom is 0.235 e. The average molecular weight is 328 g/mol. The quantitative estimate of drug-likeness (QED) is 0.870. The maximum absolute atomic E-state index is 12.6. The standard InChI is InChI=1S/C18H16O6/c1-21-11-6-4-10(5-7-11)8-14-16(19)15-12(24-14)9-13(22-2)17(20)18(15)23-3/h4-9,20H,1-3H3/b14-8-. The summed E-state index contributed by atoms with van der Waals surface area (Å²) >= 11 is 0. The number of Topliss-reactive ketones (excluding diaryl/α,β-unsaturated/α-hetero) is 1. The minimum atomic E-state index is -0.365. The highest BCUT2D eigenvalue weighted by molar-refractivity contribution is 6.16. The van der Waals surface area contributed by atoms with Gasteiger partial charge >= 0.3 is 0 Å². The first-order chi connectivity index (χ1) is 11.6. The van der Waals surface area contributed by atoms with Crippen LogP contribution in [0.2, 0.25) is 0 Å². The molecule has 0 unspecified atom stereocenters. The van der Waals surface area contributed by atoms with Crippen LogP contribution in [0.1, 0.15) is 15.9 Å². The van der Waals surface area contributed by atoms with Gasteiger partial charge in [-0.1, -0.05) is 12.1 Å². The number of carbonyl (C=O) groups excluding carboxylic acids is 1. The summed E-state index contributed by atoms with van der Waals surface area (Å²) in [6.45, 7) is 0. The van der Waals surface area contributed by atoms with Gasteiger partial charge in [0, 0.05) is 6.07 Å². The molecule has 0 radical (unpaired) electrons. The zero-order chi connectivity index (χ0) is 17.3. The molecule has 0 fully saturated rings. The molecule has 6 nitrogen and oxygen atoms in total. The molecule has 0 spiro atoms. The predicted octanol–water partition coefficient (Wildman–Crippen LogP) is 3.03. The van der Waals surface area contributed by atoms with Crippen molar-refractivity contribution in [2.24, 2.45) is 0 Å². The first kappa shape index (κ1) is 15.7. The molecule has 0 atom stereocenters. The van der Waals surface area contributed by atoms with E-state index in [1.165, 1.54) is 20.3 Å². The minimum Gasteiger partial charge on any atom is -0.502 e.